The van der Waals surface area contributed by atoms with E-state index in [-0.39, 0.29) is 18.4 Å². The van der Waals surface area contributed by atoms with E-state index in [2.05, 4.69) is 10.6 Å². The molecule has 1 fully saturated rings. The third-order valence-electron chi connectivity index (χ3n) is 3.55. The monoisotopic (exact) mass is 275 g/mol. The Morgan fingerprint density at radius 3 is 2.40 bits per heavy atom. The highest BCUT2D eigenvalue weighted by molar-refractivity contribution is 5.91. The van der Waals surface area contributed by atoms with Gasteiger partial charge in [0.1, 0.15) is 0 Å². The first-order valence-electron chi connectivity index (χ1n) is 6.83. The molecule has 0 aromatic heterocycles. The summed E-state index contributed by atoms with van der Waals surface area (Å²) in [6.45, 7) is 3.67. The van der Waals surface area contributed by atoms with Crippen LogP contribution in [0.2, 0.25) is 0 Å². The van der Waals surface area contributed by atoms with Crippen LogP contribution in [0.5, 0.6) is 0 Å². The lowest BCUT2D eigenvalue weighted by Crippen LogP contribution is -2.45. The standard InChI is InChI=1S/C15H21N3O2/c1-15(2,10-3-5-11(16)6-4-10)14(20)17-9-13(19)18-12-7-8-12/h3-6,12H,7-9,16H2,1-2H3,(H,17,20)(H,18,19). The first-order valence-corrected chi connectivity index (χ1v) is 6.83. The molecule has 1 saturated carbocycles. The highest BCUT2D eigenvalue weighted by Crippen LogP contribution is 2.24. The number of benzene rings is 1. The van der Waals surface area contributed by atoms with E-state index < -0.39 is 5.41 Å². The van der Waals surface area contributed by atoms with Gasteiger partial charge in [-0.15, -0.1) is 0 Å². The van der Waals surface area contributed by atoms with Gasteiger partial charge in [0, 0.05) is 11.7 Å². The zero-order chi connectivity index (χ0) is 14.8. The number of nitrogen functional groups attached to an aromatic ring is 1. The van der Waals surface area contributed by atoms with Gasteiger partial charge >= 0.3 is 0 Å². The normalized spacial score (nSPS) is 14.7. The van der Waals surface area contributed by atoms with Crippen molar-refractivity contribution >= 4 is 17.5 Å². The van der Waals surface area contributed by atoms with Crippen molar-refractivity contribution < 1.29 is 9.59 Å². The Balaban J connectivity index is 1.92. The van der Waals surface area contributed by atoms with Crippen molar-refractivity contribution in [3.63, 3.8) is 0 Å². The Hall–Kier alpha value is -2.04. The van der Waals surface area contributed by atoms with Crippen molar-refractivity contribution in [2.75, 3.05) is 12.3 Å². The van der Waals surface area contributed by atoms with Crippen LogP contribution in [0.15, 0.2) is 24.3 Å². The fourth-order valence-electron chi connectivity index (χ4n) is 1.92. The van der Waals surface area contributed by atoms with E-state index in [9.17, 15) is 9.59 Å². The fourth-order valence-corrected chi connectivity index (χ4v) is 1.92. The van der Waals surface area contributed by atoms with Crippen LogP contribution in [-0.4, -0.2) is 24.4 Å². The molecular weight excluding hydrogens is 254 g/mol. The average molecular weight is 275 g/mol. The summed E-state index contributed by atoms with van der Waals surface area (Å²) < 4.78 is 0. The lowest BCUT2D eigenvalue weighted by atomic mass is 9.83. The zero-order valence-electron chi connectivity index (χ0n) is 11.9. The number of anilines is 1. The van der Waals surface area contributed by atoms with E-state index in [1.165, 1.54) is 0 Å². The molecule has 1 aromatic rings. The Morgan fingerprint density at radius 2 is 1.85 bits per heavy atom. The molecular formula is C15H21N3O2. The quantitative estimate of drug-likeness (QED) is 0.699. The van der Waals surface area contributed by atoms with Crippen molar-refractivity contribution in [1.29, 1.82) is 0 Å². The molecule has 108 valence electrons. The second-order valence-electron chi connectivity index (χ2n) is 5.77. The SMILES string of the molecule is CC(C)(C(=O)NCC(=O)NC1CC1)c1ccc(N)cc1. The lowest BCUT2D eigenvalue weighted by molar-refractivity contribution is -0.129. The predicted molar refractivity (Wildman–Crippen MR) is 78.1 cm³/mol. The molecule has 1 aliphatic rings. The van der Waals surface area contributed by atoms with E-state index in [1.807, 2.05) is 26.0 Å². The molecule has 4 N–H and O–H groups in total. The third-order valence-corrected chi connectivity index (χ3v) is 3.55. The van der Waals surface area contributed by atoms with Gasteiger partial charge in [-0.05, 0) is 44.4 Å². The van der Waals surface area contributed by atoms with Crippen LogP contribution in [0.4, 0.5) is 5.69 Å². The van der Waals surface area contributed by atoms with E-state index in [0.29, 0.717) is 11.7 Å². The largest absolute Gasteiger partial charge is 0.399 e. The predicted octanol–water partition coefficient (Wildman–Crippen LogP) is 0.941. The van der Waals surface area contributed by atoms with Crippen molar-refractivity contribution in [2.24, 2.45) is 0 Å². The molecule has 0 aliphatic heterocycles. The summed E-state index contributed by atoms with van der Waals surface area (Å²) in [7, 11) is 0. The van der Waals surface area contributed by atoms with E-state index >= 15 is 0 Å². The smallest absolute Gasteiger partial charge is 0.239 e. The summed E-state index contributed by atoms with van der Waals surface area (Å²) in [5, 5.41) is 5.52. The number of rotatable bonds is 5. The molecule has 1 aromatic carbocycles. The molecule has 0 radical (unpaired) electrons. The third kappa shape index (κ3) is 3.50. The van der Waals surface area contributed by atoms with Crippen LogP contribution in [0, 0.1) is 0 Å². The fraction of sp³-hybridized carbons (Fsp3) is 0.467. The zero-order valence-corrected chi connectivity index (χ0v) is 11.9. The van der Waals surface area contributed by atoms with Gasteiger partial charge in [0.05, 0.1) is 12.0 Å². The van der Waals surface area contributed by atoms with Gasteiger partial charge in [-0.3, -0.25) is 9.59 Å². The van der Waals surface area contributed by atoms with Gasteiger partial charge in [0.25, 0.3) is 0 Å². The number of nitrogens with one attached hydrogen (secondary N) is 2. The topological polar surface area (TPSA) is 84.2 Å². The molecule has 0 bridgehead atoms. The van der Waals surface area contributed by atoms with Crippen molar-refractivity contribution in [2.45, 2.75) is 38.1 Å². The molecule has 5 nitrogen and oxygen atoms in total. The van der Waals surface area contributed by atoms with Gasteiger partial charge in [-0.1, -0.05) is 12.1 Å². The second kappa shape index (κ2) is 5.53. The lowest BCUT2D eigenvalue weighted by Gasteiger charge is -2.24. The number of nitrogens with two attached hydrogens (primary N) is 1. The van der Waals surface area contributed by atoms with Crippen LogP contribution < -0.4 is 16.4 Å². The first-order chi connectivity index (χ1) is 9.39. The summed E-state index contributed by atoms with van der Waals surface area (Å²) in [5.74, 6) is -0.304. The number of carbonyl (C=O) groups excluding carboxylic acids is 2. The van der Waals surface area contributed by atoms with Gasteiger partial charge in [0.2, 0.25) is 11.8 Å². The molecule has 1 aliphatic carbocycles. The molecule has 0 heterocycles. The Kier molecular flexibility index (Phi) is 3.97. The maximum absolute atomic E-state index is 12.2. The second-order valence-corrected chi connectivity index (χ2v) is 5.77. The first kappa shape index (κ1) is 14.4. The van der Waals surface area contributed by atoms with Crippen molar-refractivity contribution in [1.82, 2.24) is 10.6 Å². The Morgan fingerprint density at radius 1 is 1.25 bits per heavy atom. The van der Waals surface area contributed by atoms with Crippen molar-refractivity contribution in [3.8, 4) is 0 Å². The van der Waals surface area contributed by atoms with Gasteiger partial charge in [-0.2, -0.15) is 0 Å². The van der Waals surface area contributed by atoms with E-state index in [4.69, 9.17) is 5.73 Å². The molecule has 5 heteroatoms. The number of hydrogen-bond acceptors (Lipinski definition) is 3. The van der Waals surface area contributed by atoms with Crippen LogP contribution in [0.1, 0.15) is 32.3 Å². The molecule has 2 rings (SSSR count). The molecule has 0 atom stereocenters. The Bertz CT molecular complexity index is 504. The highest BCUT2D eigenvalue weighted by Gasteiger charge is 2.30. The van der Waals surface area contributed by atoms with E-state index in [1.54, 1.807) is 12.1 Å². The van der Waals surface area contributed by atoms with Gasteiger partial charge in [-0.25, -0.2) is 0 Å². The summed E-state index contributed by atoms with van der Waals surface area (Å²) in [6, 6.07) is 7.51. The van der Waals surface area contributed by atoms with Gasteiger partial charge < -0.3 is 16.4 Å². The summed E-state index contributed by atoms with van der Waals surface area (Å²) in [4.78, 5) is 23.8. The van der Waals surface area contributed by atoms with Crippen LogP contribution in [0.3, 0.4) is 0 Å². The minimum Gasteiger partial charge on any atom is -0.399 e. The number of hydrogen-bond donors (Lipinski definition) is 3. The maximum Gasteiger partial charge on any atom is 0.239 e. The summed E-state index contributed by atoms with van der Waals surface area (Å²) in [6.07, 6.45) is 2.08. The minimum atomic E-state index is -0.701. The van der Waals surface area contributed by atoms with Crippen LogP contribution in [-0.2, 0) is 15.0 Å². The van der Waals surface area contributed by atoms with E-state index in [0.717, 1.165) is 18.4 Å². The maximum atomic E-state index is 12.2. The number of amides is 2. The molecule has 2 amide bonds. The molecule has 0 spiro atoms. The molecule has 20 heavy (non-hydrogen) atoms. The molecule has 0 unspecified atom stereocenters. The summed E-state index contributed by atoms with van der Waals surface area (Å²) >= 11 is 0. The van der Waals surface area contributed by atoms with Crippen LogP contribution >= 0.6 is 0 Å². The molecule has 0 saturated heterocycles. The van der Waals surface area contributed by atoms with Gasteiger partial charge in [0.15, 0.2) is 0 Å². The average Bonchev–Trinajstić information content (AvgIpc) is 3.20. The number of carbonyl (C=O) groups is 2. The highest BCUT2D eigenvalue weighted by atomic mass is 16.2. The minimum absolute atomic E-state index is 0.0216. The Labute approximate surface area is 118 Å². The van der Waals surface area contributed by atoms with Crippen LogP contribution in [0.25, 0.3) is 0 Å². The van der Waals surface area contributed by atoms with Crippen molar-refractivity contribution in [3.05, 3.63) is 29.8 Å². The summed E-state index contributed by atoms with van der Waals surface area (Å²) in [5.41, 5.74) is 6.47.